The van der Waals surface area contributed by atoms with Crippen LogP contribution in [0.2, 0.25) is 0 Å². The maximum atomic E-state index is 11.6. The fraction of sp³-hybridized carbons (Fsp3) is 0.267. The van der Waals surface area contributed by atoms with Crippen LogP contribution in [0.25, 0.3) is 10.8 Å². The van der Waals surface area contributed by atoms with E-state index < -0.39 is 0 Å². The number of rotatable bonds is 4. The van der Waals surface area contributed by atoms with Gasteiger partial charge in [-0.2, -0.15) is 0 Å². The first-order valence-electron chi connectivity index (χ1n) is 6.27. The lowest BCUT2D eigenvalue weighted by atomic mass is 10.1. The van der Waals surface area contributed by atoms with Crippen molar-refractivity contribution < 1.29 is 4.79 Å². The number of carbonyl (C=O) groups excluding carboxylic acids is 1. The third-order valence-electron chi connectivity index (χ3n) is 2.71. The molecule has 0 aromatic heterocycles. The van der Waals surface area contributed by atoms with Gasteiger partial charge in [-0.15, -0.1) is 0 Å². The summed E-state index contributed by atoms with van der Waals surface area (Å²) in [6.07, 6.45) is 0. The Morgan fingerprint density at radius 2 is 1.84 bits per heavy atom. The molecule has 0 radical (unpaired) electrons. The Balaban J connectivity index is 2.05. The van der Waals surface area contributed by atoms with Crippen LogP contribution in [-0.4, -0.2) is 18.5 Å². The second-order valence-corrected chi connectivity index (χ2v) is 5.70. The fourth-order valence-corrected chi connectivity index (χ4v) is 2.26. The Bertz CT molecular complexity index is 596. The highest BCUT2D eigenvalue weighted by molar-refractivity contribution is 9.10. The molecule has 0 heterocycles. The van der Waals surface area contributed by atoms with Crippen LogP contribution in [-0.2, 0) is 4.79 Å². The first-order valence-corrected chi connectivity index (χ1v) is 7.06. The van der Waals surface area contributed by atoms with E-state index in [0.717, 1.165) is 15.5 Å². The molecule has 0 aliphatic rings. The fourth-order valence-electron chi connectivity index (χ4n) is 1.88. The second-order valence-electron chi connectivity index (χ2n) is 4.78. The molecule has 3 nitrogen and oxygen atoms in total. The van der Waals surface area contributed by atoms with Crippen molar-refractivity contribution in [3.8, 4) is 0 Å². The van der Waals surface area contributed by atoms with Gasteiger partial charge in [-0.1, -0.05) is 28.1 Å². The summed E-state index contributed by atoms with van der Waals surface area (Å²) in [7, 11) is 0. The number of hydrogen-bond donors (Lipinski definition) is 2. The molecule has 0 unspecified atom stereocenters. The maximum absolute atomic E-state index is 11.6. The van der Waals surface area contributed by atoms with Crippen molar-refractivity contribution in [2.24, 2.45) is 0 Å². The van der Waals surface area contributed by atoms with E-state index >= 15 is 0 Å². The van der Waals surface area contributed by atoms with Gasteiger partial charge in [0, 0.05) is 16.2 Å². The number of nitrogens with one attached hydrogen (secondary N) is 2. The van der Waals surface area contributed by atoms with Crippen LogP contribution in [0, 0.1) is 0 Å². The summed E-state index contributed by atoms with van der Waals surface area (Å²) >= 11 is 3.46. The first-order chi connectivity index (χ1) is 9.04. The normalized spacial score (nSPS) is 10.7. The lowest BCUT2D eigenvalue weighted by molar-refractivity contribution is -0.119. The summed E-state index contributed by atoms with van der Waals surface area (Å²) in [5.74, 6) is 0.00547. The van der Waals surface area contributed by atoms with Crippen LogP contribution in [0.4, 0.5) is 5.69 Å². The van der Waals surface area contributed by atoms with Gasteiger partial charge < -0.3 is 10.6 Å². The third kappa shape index (κ3) is 3.96. The lowest BCUT2D eigenvalue weighted by Crippen LogP contribution is -2.34. The number of carbonyl (C=O) groups is 1. The van der Waals surface area contributed by atoms with Crippen molar-refractivity contribution >= 4 is 38.3 Å². The topological polar surface area (TPSA) is 41.1 Å². The summed E-state index contributed by atoms with van der Waals surface area (Å²) in [5, 5.41) is 8.31. The highest BCUT2D eigenvalue weighted by atomic mass is 79.9. The standard InChI is InChI=1S/C15H17BrN2O/c1-10(2)18-15(19)9-17-14-6-4-11-7-13(16)5-3-12(11)8-14/h3-8,10,17H,9H2,1-2H3,(H,18,19). The van der Waals surface area contributed by atoms with Gasteiger partial charge in [0.25, 0.3) is 0 Å². The molecule has 100 valence electrons. The van der Waals surface area contributed by atoms with E-state index in [9.17, 15) is 4.79 Å². The average Bonchev–Trinajstić information content (AvgIpc) is 2.35. The molecule has 0 bridgehead atoms. The van der Waals surface area contributed by atoms with Gasteiger partial charge in [0.1, 0.15) is 0 Å². The molecule has 0 aliphatic carbocycles. The SMILES string of the molecule is CC(C)NC(=O)CNc1ccc2cc(Br)ccc2c1. The van der Waals surface area contributed by atoms with Gasteiger partial charge in [0.05, 0.1) is 6.54 Å². The molecule has 2 aromatic carbocycles. The van der Waals surface area contributed by atoms with Crippen molar-refractivity contribution in [1.82, 2.24) is 5.32 Å². The Morgan fingerprint density at radius 3 is 2.58 bits per heavy atom. The molecule has 0 atom stereocenters. The number of halogens is 1. The molecule has 0 spiro atoms. The van der Waals surface area contributed by atoms with Gasteiger partial charge in [0.15, 0.2) is 0 Å². The number of benzene rings is 2. The average molecular weight is 321 g/mol. The van der Waals surface area contributed by atoms with Crippen molar-refractivity contribution in [3.05, 3.63) is 40.9 Å². The molecule has 2 aromatic rings. The number of anilines is 1. The highest BCUT2D eigenvalue weighted by Gasteiger charge is 2.03. The Hall–Kier alpha value is -1.55. The van der Waals surface area contributed by atoms with Crippen molar-refractivity contribution in [1.29, 1.82) is 0 Å². The minimum absolute atomic E-state index is 0.00547. The van der Waals surface area contributed by atoms with Crippen LogP contribution in [0.15, 0.2) is 40.9 Å². The van der Waals surface area contributed by atoms with Crippen LogP contribution in [0.1, 0.15) is 13.8 Å². The summed E-state index contributed by atoms with van der Waals surface area (Å²) < 4.78 is 1.07. The number of fused-ring (bicyclic) bond motifs is 1. The Kier molecular flexibility index (Phi) is 4.43. The van der Waals surface area contributed by atoms with Crippen LogP contribution < -0.4 is 10.6 Å². The monoisotopic (exact) mass is 320 g/mol. The molecule has 4 heteroatoms. The van der Waals surface area contributed by atoms with Crippen molar-refractivity contribution in [3.63, 3.8) is 0 Å². The summed E-state index contributed by atoms with van der Waals surface area (Å²) in [6.45, 7) is 4.19. The molecule has 0 saturated carbocycles. The smallest absolute Gasteiger partial charge is 0.239 e. The number of amides is 1. The zero-order chi connectivity index (χ0) is 13.8. The molecular weight excluding hydrogens is 304 g/mol. The van der Waals surface area contributed by atoms with Gasteiger partial charge in [-0.25, -0.2) is 0 Å². The highest BCUT2D eigenvalue weighted by Crippen LogP contribution is 2.22. The maximum Gasteiger partial charge on any atom is 0.239 e. The third-order valence-corrected chi connectivity index (χ3v) is 3.20. The molecule has 1 amide bonds. The predicted molar refractivity (Wildman–Crippen MR) is 83.4 cm³/mol. The number of hydrogen-bond acceptors (Lipinski definition) is 2. The van der Waals surface area contributed by atoms with Crippen molar-refractivity contribution in [2.75, 3.05) is 11.9 Å². The summed E-state index contributed by atoms with van der Waals surface area (Å²) in [5.41, 5.74) is 0.953. The molecule has 0 saturated heterocycles. The zero-order valence-corrected chi connectivity index (χ0v) is 12.6. The van der Waals surface area contributed by atoms with E-state index in [1.807, 2.05) is 38.1 Å². The predicted octanol–water partition coefficient (Wildman–Crippen LogP) is 3.54. The zero-order valence-electron chi connectivity index (χ0n) is 11.0. The minimum Gasteiger partial charge on any atom is -0.376 e. The van der Waals surface area contributed by atoms with E-state index in [-0.39, 0.29) is 11.9 Å². The van der Waals surface area contributed by atoms with Gasteiger partial charge >= 0.3 is 0 Å². The second kappa shape index (κ2) is 6.06. The minimum atomic E-state index is 0.00547. The molecular formula is C15H17BrN2O. The molecule has 19 heavy (non-hydrogen) atoms. The largest absolute Gasteiger partial charge is 0.376 e. The van der Waals surface area contributed by atoms with E-state index in [1.165, 1.54) is 5.39 Å². The molecule has 0 aliphatic heterocycles. The molecule has 2 N–H and O–H groups in total. The van der Waals surface area contributed by atoms with Crippen LogP contribution in [0.3, 0.4) is 0 Å². The summed E-state index contributed by atoms with van der Waals surface area (Å²) in [4.78, 5) is 11.6. The van der Waals surface area contributed by atoms with Crippen LogP contribution in [0.5, 0.6) is 0 Å². The van der Waals surface area contributed by atoms with Gasteiger partial charge in [0.2, 0.25) is 5.91 Å². The lowest BCUT2D eigenvalue weighted by Gasteiger charge is -2.10. The van der Waals surface area contributed by atoms with E-state index in [2.05, 4.69) is 38.7 Å². The van der Waals surface area contributed by atoms with Crippen molar-refractivity contribution in [2.45, 2.75) is 19.9 Å². The van der Waals surface area contributed by atoms with E-state index in [1.54, 1.807) is 0 Å². The van der Waals surface area contributed by atoms with Crippen LogP contribution >= 0.6 is 15.9 Å². The Labute approximate surface area is 121 Å². The van der Waals surface area contributed by atoms with Gasteiger partial charge in [-0.3, -0.25) is 4.79 Å². The quantitative estimate of drug-likeness (QED) is 0.904. The molecule has 0 fully saturated rings. The van der Waals surface area contributed by atoms with E-state index in [4.69, 9.17) is 0 Å². The van der Waals surface area contributed by atoms with E-state index in [0.29, 0.717) is 6.54 Å². The molecule has 2 rings (SSSR count). The van der Waals surface area contributed by atoms with Gasteiger partial charge in [-0.05, 0) is 48.9 Å². The Morgan fingerprint density at radius 1 is 1.16 bits per heavy atom. The first kappa shape index (κ1) is 13.9. The summed E-state index contributed by atoms with van der Waals surface area (Å²) in [6, 6.07) is 12.4.